The normalized spacial score (nSPS) is 20.9. The van der Waals surface area contributed by atoms with Gasteiger partial charge < -0.3 is 19.9 Å². The van der Waals surface area contributed by atoms with Crippen LogP contribution in [0.4, 0.5) is 0 Å². The van der Waals surface area contributed by atoms with Gasteiger partial charge in [0.15, 0.2) is 0 Å². The van der Waals surface area contributed by atoms with Crippen molar-refractivity contribution >= 4 is 5.84 Å². The zero-order valence-electron chi connectivity index (χ0n) is 8.90. The Balaban J connectivity index is 2.21. The van der Waals surface area contributed by atoms with E-state index < -0.39 is 5.91 Å². The average molecular weight is 220 g/mol. The lowest BCUT2D eigenvalue weighted by atomic mass is 10.1. The van der Waals surface area contributed by atoms with E-state index in [1.807, 2.05) is 18.2 Å². The molecule has 0 saturated carbocycles. The summed E-state index contributed by atoms with van der Waals surface area (Å²) in [5, 5.41) is 0. The Labute approximate surface area is 92.8 Å². The predicted octanol–water partition coefficient (Wildman–Crippen LogP) is 0.571. The van der Waals surface area contributed by atoms with Crippen molar-refractivity contribution in [2.24, 2.45) is 10.7 Å². The van der Waals surface area contributed by atoms with Gasteiger partial charge in [-0.1, -0.05) is 12.1 Å². The molecule has 0 unspecified atom stereocenters. The number of methoxy groups -OCH3 is 1. The third kappa shape index (κ3) is 1.10. The Morgan fingerprint density at radius 1 is 1.38 bits per heavy atom. The minimum atomic E-state index is -1.03. The summed E-state index contributed by atoms with van der Waals surface area (Å²) in [6.07, 6.45) is 0. The van der Waals surface area contributed by atoms with Crippen molar-refractivity contribution in [2.45, 2.75) is 5.91 Å². The molecule has 5 heteroatoms. The first-order valence-corrected chi connectivity index (χ1v) is 5.08. The maximum absolute atomic E-state index is 5.89. The first-order valence-electron chi connectivity index (χ1n) is 5.08. The largest absolute Gasteiger partial charge is 0.496 e. The fourth-order valence-electron chi connectivity index (χ4n) is 2.13. The molecule has 2 heterocycles. The lowest BCUT2D eigenvalue weighted by molar-refractivity contribution is -0.155. The average Bonchev–Trinajstić information content (AvgIpc) is 2.87. The Kier molecular flexibility index (Phi) is 1.92. The van der Waals surface area contributed by atoms with Gasteiger partial charge in [0, 0.05) is 0 Å². The molecule has 2 aliphatic rings. The van der Waals surface area contributed by atoms with Crippen LogP contribution in [0.2, 0.25) is 0 Å². The van der Waals surface area contributed by atoms with Crippen LogP contribution in [0.25, 0.3) is 0 Å². The highest BCUT2D eigenvalue weighted by atomic mass is 16.8. The number of rotatable bonds is 1. The van der Waals surface area contributed by atoms with E-state index in [-0.39, 0.29) is 0 Å². The summed E-state index contributed by atoms with van der Waals surface area (Å²) in [6, 6.07) is 5.61. The molecule has 0 aromatic heterocycles. The lowest BCUT2D eigenvalue weighted by Gasteiger charge is -2.19. The molecule has 3 rings (SSSR count). The summed E-state index contributed by atoms with van der Waals surface area (Å²) in [4.78, 5) is 4.27. The molecule has 0 bridgehead atoms. The zero-order valence-corrected chi connectivity index (χ0v) is 8.90. The number of nitrogens with two attached hydrogens (primary N) is 1. The van der Waals surface area contributed by atoms with Crippen LogP contribution in [-0.2, 0) is 15.4 Å². The smallest absolute Gasteiger partial charge is 0.300 e. The molecule has 1 aromatic rings. The van der Waals surface area contributed by atoms with Crippen molar-refractivity contribution in [1.82, 2.24) is 0 Å². The number of aliphatic imine (C=N–C) groups is 1. The molecule has 84 valence electrons. The van der Waals surface area contributed by atoms with E-state index in [0.29, 0.717) is 24.8 Å². The Morgan fingerprint density at radius 2 is 2.12 bits per heavy atom. The maximum Gasteiger partial charge on any atom is 0.300 e. The standard InChI is InChI=1S/C11H12N2O3/c1-14-8-4-2-3-7-9(8)10(12)13-11(7)15-5-6-16-11/h2-4H,5-6H2,1H3,(H2,12,13). The number of nitrogens with zero attached hydrogens (tertiary/aromatic N) is 1. The van der Waals surface area contributed by atoms with Crippen molar-refractivity contribution in [3.05, 3.63) is 29.3 Å². The summed E-state index contributed by atoms with van der Waals surface area (Å²) in [5.74, 6) is 0.0533. The molecule has 1 spiro atoms. The van der Waals surface area contributed by atoms with E-state index in [1.54, 1.807) is 7.11 Å². The fraction of sp³-hybridized carbons (Fsp3) is 0.364. The van der Waals surface area contributed by atoms with Crippen molar-refractivity contribution in [2.75, 3.05) is 20.3 Å². The number of benzene rings is 1. The van der Waals surface area contributed by atoms with Crippen LogP contribution in [0.15, 0.2) is 23.2 Å². The topological polar surface area (TPSA) is 66.1 Å². The van der Waals surface area contributed by atoms with Gasteiger partial charge in [0.1, 0.15) is 11.6 Å². The van der Waals surface area contributed by atoms with E-state index in [0.717, 1.165) is 11.1 Å². The SMILES string of the molecule is COc1cccc2c1C(N)=NC21OCCO1. The summed E-state index contributed by atoms with van der Waals surface area (Å²) in [5.41, 5.74) is 7.48. The summed E-state index contributed by atoms with van der Waals surface area (Å²) >= 11 is 0. The van der Waals surface area contributed by atoms with Gasteiger partial charge in [0.2, 0.25) is 0 Å². The van der Waals surface area contributed by atoms with Crippen LogP contribution >= 0.6 is 0 Å². The molecular formula is C11H12N2O3. The van der Waals surface area contributed by atoms with Gasteiger partial charge in [0.25, 0.3) is 0 Å². The quantitative estimate of drug-likeness (QED) is 0.751. The molecule has 0 amide bonds. The summed E-state index contributed by atoms with van der Waals surface area (Å²) in [6.45, 7) is 1.04. The van der Waals surface area contributed by atoms with Gasteiger partial charge in [-0.15, -0.1) is 0 Å². The van der Waals surface area contributed by atoms with Crippen molar-refractivity contribution < 1.29 is 14.2 Å². The van der Waals surface area contributed by atoms with Gasteiger partial charge in [0.05, 0.1) is 31.5 Å². The Bertz CT molecular complexity index is 464. The maximum atomic E-state index is 5.89. The zero-order chi connectivity index (χ0) is 11.2. The number of hydrogen-bond acceptors (Lipinski definition) is 5. The first-order chi connectivity index (χ1) is 7.77. The summed E-state index contributed by atoms with van der Waals surface area (Å²) < 4.78 is 16.4. The molecule has 5 nitrogen and oxygen atoms in total. The molecule has 2 aliphatic heterocycles. The highest BCUT2D eigenvalue weighted by Gasteiger charge is 2.46. The van der Waals surface area contributed by atoms with E-state index in [1.165, 1.54) is 0 Å². The Hall–Kier alpha value is -1.59. The molecule has 16 heavy (non-hydrogen) atoms. The van der Waals surface area contributed by atoms with Gasteiger partial charge in [-0.3, -0.25) is 0 Å². The molecule has 1 saturated heterocycles. The lowest BCUT2D eigenvalue weighted by Crippen LogP contribution is -2.22. The molecule has 1 fully saturated rings. The van der Waals surface area contributed by atoms with Crippen LogP contribution in [0.5, 0.6) is 5.75 Å². The van der Waals surface area contributed by atoms with E-state index in [4.69, 9.17) is 19.9 Å². The molecule has 1 aromatic carbocycles. The number of fused-ring (bicyclic) bond motifs is 2. The monoisotopic (exact) mass is 220 g/mol. The van der Waals surface area contributed by atoms with Crippen molar-refractivity contribution in [3.8, 4) is 5.75 Å². The highest BCUT2D eigenvalue weighted by Crippen LogP contribution is 2.42. The number of amidine groups is 1. The molecule has 0 atom stereocenters. The number of ether oxygens (including phenoxy) is 3. The highest BCUT2D eigenvalue weighted by molar-refractivity contribution is 6.04. The van der Waals surface area contributed by atoms with Crippen LogP contribution in [-0.4, -0.2) is 26.2 Å². The van der Waals surface area contributed by atoms with Crippen molar-refractivity contribution in [1.29, 1.82) is 0 Å². The molecule has 0 aliphatic carbocycles. The van der Waals surface area contributed by atoms with Gasteiger partial charge in [-0.05, 0) is 6.07 Å². The predicted molar refractivity (Wildman–Crippen MR) is 57.3 cm³/mol. The van der Waals surface area contributed by atoms with Gasteiger partial charge in [-0.2, -0.15) is 0 Å². The van der Waals surface area contributed by atoms with Crippen LogP contribution in [0, 0.1) is 0 Å². The van der Waals surface area contributed by atoms with E-state index in [2.05, 4.69) is 4.99 Å². The second-order valence-corrected chi connectivity index (χ2v) is 3.66. The van der Waals surface area contributed by atoms with Gasteiger partial charge in [-0.25, -0.2) is 4.99 Å². The Morgan fingerprint density at radius 3 is 2.81 bits per heavy atom. The van der Waals surface area contributed by atoms with Crippen molar-refractivity contribution in [3.63, 3.8) is 0 Å². The first kappa shape index (κ1) is 9.62. The summed E-state index contributed by atoms with van der Waals surface area (Å²) in [7, 11) is 1.60. The van der Waals surface area contributed by atoms with E-state index in [9.17, 15) is 0 Å². The van der Waals surface area contributed by atoms with Gasteiger partial charge >= 0.3 is 5.91 Å². The van der Waals surface area contributed by atoms with Crippen LogP contribution in [0.1, 0.15) is 11.1 Å². The minimum Gasteiger partial charge on any atom is -0.496 e. The second-order valence-electron chi connectivity index (χ2n) is 3.66. The fourth-order valence-corrected chi connectivity index (χ4v) is 2.13. The van der Waals surface area contributed by atoms with Crippen LogP contribution in [0.3, 0.4) is 0 Å². The second kappa shape index (κ2) is 3.20. The number of hydrogen-bond donors (Lipinski definition) is 1. The van der Waals surface area contributed by atoms with Crippen LogP contribution < -0.4 is 10.5 Å². The molecular weight excluding hydrogens is 208 g/mol. The van der Waals surface area contributed by atoms with E-state index >= 15 is 0 Å². The third-order valence-corrected chi connectivity index (χ3v) is 2.79. The molecule has 2 N–H and O–H groups in total. The molecule has 0 radical (unpaired) electrons. The minimum absolute atomic E-state index is 0.398. The third-order valence-electron chi connectivity index (χ3n) is 2.79.